The maximum atomic E-state index is 14.7. The molecule has 1 aromatic heterocycles. The predicted octanol–water partition coefficient (Wildman–Crippen LogP) is 3.47. The summed E-state index contributed by atoms with van der Waals surface area (Å²) in [5.41, 5.74) is 0.924. The Morgan fingerprint density at radius 2 is 1.89 bits per heavy atom. The van der Waals surface area contributed by atoms with Gasteiger partial charge in [0.05, 0.1) is 11.4 Å². The van der Waals surface area contributed by atoms with E-state index in [4.69, 9.17) is 0 Å². The molecule has 3 aromatic rings. The Morgan fingerprint density at radius 1 is 1.19 bits per heavy atom. The van der Waals surface area contributed by atoms with Crippen molar-refractivity contribution in [3.8, 4) is 5.75 Å². The van der Waals surface area contributed by atoms with E-state index >= 15 is 0 Å². The van der Waals surface area contributed by atoms with Crippen molar-refractivity contribution in [1.82, 2.24) is 9.88 Å². The number of aromatic hydroxyl groups is 1. The highest BCUT2D eigenvalue weighted by atomic mass is 19.1. The number of phenols is 1. The molecule has 7 heteroatoms. The van der Waals surface area contributed by atoms with Crippen molar-refractivity contribution < 1.29 is 23.5 Å². The Morgan fingerprint density at radius 3 is 2.52 bits per heavy atom. The minimum absolute atomic E-state index is 0.00615. The second-order valence-electron chi connectivity index (χ2n) is 6.28. The Kier molecular flexibility index (Phi) is 4.70. The van der Waals surface area contributed by atoms with Gasteiger partial charge in [-0.05, 0) is 49.7 Å². The second kappa shape index (κ2) is 6.83. The summed E-state index contributed by atoms with van der Waals surface area (Å²) < 4.78 is 29.5. The molecule has 5 nitrogen and oxygen atoms in total. The summed E-state index contributed by atoms with van der Waals surface area (Å²) in [5.74, 6) is -3.75. The summed E-state index contributed by atoms with van der Waals surface area (Å²) in [7, 11) is 1.46. The first kappa shape index (κ1) is 18.6. The number of benzene rings is 2. The first-order chi connectivity index (χ1) is 12.8. The number of nitrogens with zero attached hydrogens (tertiary/aromatic N) is 1. The number of amides is 1. The van der Waals surface area contributed by atoms with Crippen LogP contribution in [0.25, 0.3) is 10.9 Å². The monoisotopic (exact) mass is 372 g/mol. The number of likely N-dealkylation sites (N-methyl/N-ethyl adjacent to an activating group) is 1. The average molecular weight is 372 g/mol. The lowest BCUT2D eigenvalue weighted by molar-refractivity contribution is -0.121. The lowest BCUT2D eigenvalue weighted by Gasteiger charge is -2.12. The molecule has 2 N–H and O–H groups in total. The summed E-state index contributed by atoms with van der Waals surface area (Å²) in [6.07, 6.45) is 0. The molecule has 0 unspecified atom stereocenters. The summed E-state index contributed by atoms with van der Waals surface area (Å²) in [5, 5.41) is 12.3. The highest BCUT2D eigenvalue weighted by Crippen LogP contribution is 2.37. The Labute approximate surface area is 154 Å². The zero-order valence-electron chi connectivity index (χ0n) is 15.0. The number of carbonyl (C=O) groups excluding carboxylic acids is 2. The molecule has 0 saturated carbocycles. The predicted molar refractivity (Wildman–Crippen MR) is 96.9 cm³/mol. The molecule has 0 radical (unpaired) electrons. The first-order valence-electron chi connectivity index (χ1n) is 8.32. The number of aromatic nitrogens is 1. The summed E-state index contributed by atoms with van der Waals surface area (Å²) >= 11 is 0. The van der Waals surface area contributed by atoms with Crippen LogP contribution in [0.15, 0.2) is 36.4 Å². The SMILES string of the molecule is CNC(=O)[C@@H](C)c1c(C)n(C(=O)c2cccc(F)c2)c2ccc(O)c(F)c12. The number of phenolic OH excluding ortho intramolecular Hbond substituents is 1. The molecule has 140 valence electrons. The van der Waals surface area contributed by atoms with Crippen LogP contribution in [0.1, 0.15) is 34.5 Å². The fourth-order valence-electron chi connectivity index (χ4n) is 3.37. The molecule has 1 heterocycles. The van der Waals surface area contributed by atoms with Crippen LogP contribution < -0.4 is 5.32 Å². The number of nitrogens with one attached hydrogen (secondary N) is 1. The van der Waals surface area contributed by atoms with Gasteiger partial charge >= 0.3 is 0 Å². The highest BCUT2D eigenvalue weighted by molar-refractivity contribution is 6.05. The van der Waals surface area contributed by atoms with Gasteiger partial charge in [0.2, 0.25) is 5.91 Å². The fourth-order valence-corrected chi connectivity index (χ4v) is 3.37. The van der Waals surface area contributed by atoms with E-state index in [9.17, 15) is 23.5 Å². The van der Waals surface area contributed by atoms with Crippen LogP contribution >= 0.6 is 0 Å². The molecule has 1 atom stereocenters. The van der Waals surface area contributed by atoms with Gasteiger partial charge in [-0.2, -0.15) is 0 Å². The van der Waals surface area contributed by atoms with Crippen LogP contribution in [0, 0.1) is 18.6 Å². The van der Waals surface area contributed by atoms with E-state index in [1.807, 2.05) is 0 Å². The van der Waals surface area contributed by atoms with Crippen LogP contribution in [0.5, 0.6) is 5.75 Å². The molecule has 0 bridgehead atoms. The fraction of sp³-hybridized carbons (Fsp3) is 0.200. The number of hydrogen-bond acceptors (Lipinski definition) is 3. The number of rotatable bonds is 3. The Bertz CT molecular complexity index is 1070. The van der Waals surface area contributed by atoms with E-state index in [2.05, 4.69) is 5.32 Å². The van der Waals surface area contributed by atoms with Crippen molar-refractivity contribution >= 4 is 22.7 Å². The zero-order valence-corrected chi connectivity index (χ0v) is 15.0. The van der Waals surface area contributed by atoms with Crippen molar-refractivity contribution in [2.45, 2.75) is 19.8 Å². The molecule has 0 fully saturated rings. The van der Waals surface area contributed by atoms with Crippen molar-refractivity contribution in [1.29, 1.82) is 0 Å². The van der Waals surface area contributed by atoms with E-state index < -0.39 is 29.2 Å². The van der Waals surface area contributed by atoms with Crippen LogP contribution in [0.3, 0.4) is 0 Å². The third kappa shape index (κ3) is 2.95. The molecule has 3 rings (SSSR count). The first-order valence-corrected chi connectivity index (χ1v) is 8.32. The Balaban J connectivity index is 2.34. The number of fused-ring (bicyclic) bond motifs is 1. The third-order valence-corrected chi connectivity index (χ3v) is 4.68. The maximum absolute atomic E-state index is 14.7. The van der Waals surface area contributed by atoms with Gasteiger partial charge in [-0.1, -0.05) is 6.07 Å². The average Bonchev–Trinajstić information content (AvgIpc) is 2.95. The van der Waals surface area contributed by atoms with Crippen LogP contribution in [-0.4, -0.2) is 28.5 Å². The van der Waals surface area contributed by atoms with E-state index in [-0.39, 0.29) is 22.4 Å². The minimum Gasteiger partial charge on any atom is -0.505 e. The smallest absolute Gasteiger partial charge is 0.262 e. The van der Waals surface area contributed by atoms with Crippen molar-refractivity contribution in [2.24, 2.45) is 0 Å². The zero-order chi connectivity index (χ0) is 19.9. The number of hydrogen-bond donors (Lipinski definition) is 2. The van der Waals surface area contributed by atoms with Gasteiger partial charge in [-0.3, -0.25) is 14.2 Å². The molecule has 1 amide bonds. The van der Waals surface area contributed by atoms with E-state index in [0.29, 0.717) is 11.3 Å². The number of halogens is 2. The summed E-state index contributed by atoms with van der Waals surface area (Å²) in [6, 6.07) is 7.71. The van der Waals surface area contributed by atoms with E-state index in [1.54, 1.807) is 13.8 Å². The molecule has 0 aliphatic heterocycles. The lowest BCUT2D eigenvalue weighted by Crippen LogP contribution is -2.24. The highest BCUT2D eigenvalue weighted by Gasteiger charge is 2.29. The molecule has 2 aromatic carbocycles. The normalized spacial score (nSPS) is 12.2. The molecular weight excluding hydrogens is 354 g/mol. The van der Waals surface area contributed by atoms with Gasteiger partial charge in [0.25, 0.3) is 5.91 Å². The minimum atomic E-state index is -0.910. The molecule has 0 aliphatic carbocycles. The van der Waals surface area contributed by atoms with Crippen LogP contribution in [0.2, 0.25) is 0 Å². The van der Waals surface area contributed by atoms with E-state index in [1.165, 1.54) is 35.9 Å². The van der Waals surface area contributed by atoms with Gasteiger partial charge in [0, 0.05) is 23.7 Å². The molecular formula is C20H18F2N2O3. The van der Waals surface area contributed by atoms with Crippen molar-refractivity contribution in [2.75, 3.05) is 7.05 Å². The molecule has 27 heavy (non-hydrogen) atoms. The topological polar surface area (TPSA) is 71.3 Å². The van der Waals surface area contributed by atoms with Crippen molar-refractivity contribution in [3.63, 3.8) is 0 Å². The Hall–Kier alpha value is -3.22. The van der Waals surface area contributed by atoms with Crippen LogP contribution in [0.4, 0.5) is 8.78 Å². The summed E-state index contributed by atoms with van der Waals surface area (Å²) in [6.45, 7) is 3.17. The van der Waals surface area contributed by atoms with Gasteiger partial charge in [-0.15, -0.1) is 0 Å². The lowest BCUT2D eigenvalue weighted by atomic mass is 9.96. The van der Waals surface area contributed by atoms with Crippen molar-refractivity contribution in [3.05, 3.63) is 64.9 Å². The van der Waals surface area contributed by atoms with Gasteiger partial charge in [-0.25, -0.2) is 8.78 Å². The molecule has 0 spiro atoms. The largest absolute Gasteiger partial charge is 0.505 e. The van der Waals surface area contributed by atoms with Gasteiger partial charge in [0.15, 0.2) is 11.6 Å². The van der Waals surface area contributed by atoms with Gasteiger partial charge < -0.3 is 10.4 Å². The quantitative estimate of drug-likeness (QED) is 0.740. The summed E-state index contributed by atoms with van der Waals surface area (Å²) in [4.78, 5) is 25.2. The standard InChI is InChI=1S/C20H18F2N2O3/c1-10(19(26)23-3)16-11(2)24(14-7-8-15(25)18(22)17(14)16)20(27)12-5-4-6-13(21)9-12/h4-10,25H,1-3H3,(H,23,26)/t10-/m0/s1. The van der Waals surface area contributed by atoms with E-state index in [0.717, 1.165) is 12.1 Å². The van der Waals surface area contributed by atoms with Crippen LogP contribution in [-0.2, 0) is 4.79 Å². The molecule has 0 saturated heterocycles. The second-order valence-corrected chi connectivity index (χ2v) is 6.28. The third-order valence-electron chi connectivity index (χ3n) is 4.68. The maximum Gasteiger partial charge on any atom is 0.262 e. The number of carbonyl (C=O) groups is 2. The van der Waals surface area contributed by atoms with Gasteiger partial charge in [0.1, 0.15) is 5.82 Å². The molecule has 0 aliphatic rings.